The van der Waals surface area contributed by atoms with Crippen molar-refractivity contribution < 1.29 is 39.7 Å². The van der Waals surface area contributed by atoms with E-state index in [1.54, 1.807) is 11.8 Å². The molecule has 7 heteroatoms. The molecule has 4 aliphatic rings. The number of benzene rings is 2. The Hall–Kier alpha value is -1.71. The second-order valence-electron chi connectivity index (χ2n) is 12.4. The van der Waals surface area contributed by atoms with Gasteiger partial charge >= 0.3 is 24.8 Å². The van der Waals surface area contributed by atoms with E-state index < -0.39 is 12.0 Å². The van der Waals surface area contributed by atoms with Gasteiger partial charge in [0.25, 0.3) is 5.91 Å². The minimum absolute atomic E-state index is 0. The average Bonchev–Trinajstić information content (AvgIpc) is 2.90. The first-order chi connectivity index (χ1) is 18.9. The Labute approximate surface area is 257 Å². The van der Waals surface area contributed by atoms with Crippen LogP contribution in [0.3, 0.4) is 0 Å². The van der Waals surface area contributed by atoms with Gasteiger partial charge in [0, 0.05) is 12.2 Å². The zero-order valence-electron chi connectivity index (χ0n) is 25.4. The van der Waals surface area contributed by atoms with Gasteiger partial charge in [-0.1, -0.05) is 30.3 Å². The van der Waals surface area contributed by atoms with Crippen LogP contribution in [-0.4, -0.2) is 41.6 Å². The van der Waals surface area contributed by atoms with Crippen molar-refractivity contribution >= 4 is 23.6 Å². The molecule has 1 unspecified atom stereocenters. The van der Waals surface area contributed by atoms with E-state index in [4.69, 9.17) is 4.74 Å². The van der Waals surface area contributed by atoms with E-state index in [1.807, 2.05) is 55.6 Å². The van der Waals surface area contributed by atoms with Gasteiger partial charge in [0.15, 0.2) is 0 Å². The van der Waals surface area contributed by atoms with Crippen molar-refractivity contribution in [3.63, 3.8) is 0 Å². The minimum atomic E-state index is -1.01. The number of amides is 1. The fourth-order valence-electron chi connectivity index (χ4n) is 8.04. The van der Waals surface area contributed by atoms with Crippen LogP contribution in [0.2, 0.25) is 0 Å². The number of carboxylic acid groups (broad SMARTS) is 1. The van der Waals surface area contributed by atoms with Gasteiger partial charge in [0.05, 0.1) is 6.61 Å². The third-order valence-corrected chi connectivity index (χ3v) is 10.1. The van der Waals surface area contributed by atoms with Crippen LogP contribution < -0.4 is 24.2 Å². The van der Waals surface area contributed by atoms with Gasteiger partial charge in [0.2, 0.25) is 0 Å². The van der Waals surface area contributed by atoms with Gasteiger partial charge in [-0.05, 0) is 134 Å². The zero-order chi connectivity index (χ0) is 27.4. The molecule has 0 spiro atoms. The maximum Gasteiger partial charge on any atom is 1.00 e. The average molecular weight is 558 g/mol. The van der Waals surface area contributed by atoms with Crippen molar-refractivity contribution in [3.05, 3.63) is 59.2 Å². The van der Waals surface area contributed by atoms with Gasteiger partial charge in [-0.25, -0.2) is 4.79 Å². The van der Waals surface area contributed by atoms with Crippen molar-refractivity contribution in [1.82, 2.24) is 5.32 Å². The van der Waals surface area contributed by atoms with Gasteiger partial charge in [-0.2, -0.15) is 11.8 Å². The Kier molecular flexibility index (Phi) is 10.9. The molecule has 0 aromatic heterocycles. The van der Waals surface area contributed by atoms with Crippen LogP contribution in [0.4, 0.5) is 0 Å². The number of ether oxygens (including phenoxy) is 1. The molecule has 4 bridgehead atoms. The van der Waals surface area contributed by atoms with E-state index in [2.05, 4.69) is 5.32 Å². The molecule has 2 N–H and O–H groups in total. The molecule has 6 rings (SSSR count). The predicted molar refractivity (Wildman–Crippen MR) is 159 cm³/mol. The number of nitrogens with one attached hydrogen (secondary N) is 1. The van der Waals surface area contributed by atoms with Crippen LogP contribution in [0.15, 0.2) is 42.5 Å². The Morgan fingerprint density at radius 2 is 1.75 bits per heavy atom. The zero-order valence-corrected chi connectivity index (χ0v) is 25.2. The third kappa shape index (κ3) is 7.37. The first kappa shape index (κ1) is 31.2. The van der Waals surface area contributed by atoms with Crippen LogP contribution in [0.5, 0.6) is 0 Å². The molecule has 0 aliphatic heterocycles. The van der Waals surface area contributed by atoms with Crippen molar-refractivity contribution in [3.8, 4) is 11.1 Å². The van der Waals surface area contributed by atoms with E-state index >= 15 is 0 Å². The van der Waals surface area contributed by atoms with Crippen LogP contribution in [0, 0.1) is 30.1 Å². The largest absolute Gasteiger partial charge is 1.00 e. The fourth-order valence-corrected chi connectivity index (χ4v) is 8.51. The molecule has 0 radical (unpaired) electrons. The second-order valence-corrected chi connectivity index (χ2v) is 13.4. The van der Waals surface area contributed by atoms with E-state index in [9.17, 15) is 14.7 Å². The molecule has 2 aromatic carbocycles. The number of hydrogen-bond acceptors (Lipinski definition) is 4. The first-order valence-electron chi connectivity index (χ1n) is 14.6. The summed E-state index contributed by atoms with van der Waals surface area (Å²) in [5, 5.41) is 12.4. The molecule has 1 atom stereocenters. The Morgan fingerprint density at radius 1 is 1.07 bits per heavy atom. The molecule has 40 heavy (non-hydrogen) atoms. The predicted octanol–water partition coefficient (Wildman–Crippen LogP) is 4.23. The van der Waals surface area contributed by atoms with Crippen molar-refractivity contribution in [1.29, 1.82) is 0 Å². The molecule has 4 saturated carbocycles. The summed E-state index contributed by atoms with van der Waals surface area (Å²) in [6.07, 6.45) is 13.5. The summed E-state index contributed by atoms with van der Waals surface area (Å²) in [4.78, 5) is 25.0. The molecule has 0 saturated heterocycles. The smallest absolute Gasteiger partial charge is 1.00 e. The number of aliphatic carboxylic acids is 1. The molecule has 4 aliphatic carbocycles. The van der Waals surface area contributed by atoms with Crippen LogP contribution >= 0.6 is 11.8 Å². The van der Waals surface area contributed by atoms with Crippen LogP contribution in [0.1, 0.15) is 80.7 Å². The minimum Gasteiger partial charge on any atom is -1.00 e. The summed E-state index contributed by atoms with van der Waals surface area (Å²) < 4.78 is 6.16. The summed E-state index contributed by atoms with van der Waals surface area (Å²) in [6.45, 7) is 3.30. The number of rotatable bonds is 13. The van der Waals surface area contributed by atoms with Crippen LogP contribution in [0.25, 0.3) is 11.1 Å². The Balaban J connectivity index is 0.00000231. The standard InChI is InChI=1S/C33H43NO4S.Li.H/c1-22-6-3-4-7-27(22)29-17-23(8-9-28(29)31(35)34-30(32(36)37)10-13-39-2)21-38-12-5-11-33-18-24-14-25(19-33)16-26(15-24)20-33;;/h3-4,6-9,17,24-26,30H,5,10-16,18-21H2,1-2H3,(H,34,35)(H,36,37);;/q;+1;-1. The summed E-state index contributed by atoms with van der Waals surface area (Å²) in [6, 6.07) is 12.9. The number of thioether (sulfide) groups is 1. The van der Waals surface area contributed by atoms with Gasteiger partial charge in [-0.15, -0.1) is 0 Å². The second kappa shape index (κ2) is 14.0. The quantitative estimate of drug-likeness (QED) is 0.285. The van der Waals surface area contributed by atoms with Crippen molar-refractivity contribution in [2.24, 2.45) is 23.2 Å². The van der Waals surface area contributed by atoms with Gasteiger partial charge in [-0.3, -0.25) is 4.79 Å². The Morgan fingerprint density at radius 3 is 2.38 bits per heavy atom. The van der Waals surface area contributed by atoms with E-state index in [0.29, 0.717) is 29.8 Å². The maximum atomic E-state index is 13.3. The molecule has 0 heterocycles. The fraction of sp³-hybridized carbons (Fsp3) is 0.576. The number of hydrogen-bond donors (Lipinski definition) is 2. The van der Waals surface area contributed by atoms with Crippen molar-refractivity contribution in [2.45, 2.75) is 77.4 Å². The van der Waals surface area contributed by atoms with Gasteiger partial charge < -0.3 is 16.6 Å². The summed E-state index contributed by atoms with van der Waals surface area (Å²) in [5.41, 5.74) is 4.96. The summed E-state index contributed by atoms with van der Waals surface area (Å²) in [7, 11) is 0. The Bertz CT molecular complexity index is 1160. The third-order valence-electron chi connectivity index (χ3n) is 9.41. The molecule has 4 fully saturated rings. The number of carbonyl (C=O) groups excluding carboxylic acids is 1. The molecule has 1 amide bonds. The van der Waals surface area contributed by atoms with Crippen LogP contribution in [-0.2, 0) is 16.1 Å². The van der Waals surface area contributed by atoms with Gasteiger partial charge in [0.1, 0.15) is 6.04 Å². The molecular weight excluding hydrogens is 513 g/mol. The molecular formula is C33H44LiNO4S. The normalized spacial score (nSPS) is 25.3. The maximum absolute atomic E-state index is 13.3. The topological polar surface area (TPSA) is 75.6 Å². The molecule has 212 valence electrons. The molecule has 2 aromatic rings. The van der Waals surface area contributed by atoms with E-state index in [0.717, 1.165) is 53.0 Å². The SMILES string of the molecule is CSCCC(NC(=O)c1ccc(COCCCC23CC4CC(CC(C4)C2)C3)cc1-c1ccccc1C)C(=O)O.[H-].[Li+]. The van der Waals surface area contributed by atoms with E-state index in [1.165, 1.54) is 44.9 Å². The summed E-state index contributed by atoms with van der Waals surface area (Å²) >= 11 is 1.57. The number of aryl methyl sites for hydroxylation is 1. The monoisotopic (exact) mass is 557 g/mol. The molecule has 5 nitrogen and oxygen atoms in total. The van der Waals surface area contributed by atoms with E-state index in [-0.39, 0.29) is 26.2 Å². The summed E-state index contributed by atoms with van der Waals surface area (Å²) in [5.74, 6) is 2.27. The van der Waals surface area contributed by atoms with Crippen molar-refractivity contribution in [2.75, 3.05) is 18.6 Å². The first-order valence-corrected chi connectivity index (χ1v) is 16.0. The number of carbonyl (C=O) groups is 2. The number of carboxylic acids is 1.